The first kappa shape index (κ1) is 18.7. The number of fused-ring (bicyclic) bond motifs is 1. The van der Waals surface area contributed by atoms with E-state index < -0.39 is 6.04 Å². The molecule has 3 fully saturated rings. The standard InChI is InChI=1S/C20H26N4O4/c1-28-17-9-8-14(12-21-17)18(25)22-10-5-11-23-16(13-22)19(26)24(20(23)27)15-6-3-2-4-7-15/h8-9,12,15-16H,2-7,10-11,13H2,1H3. The van der Waals surface area contributed by atoms with Crippen molar-refractivity contribution in [3.63, 3.8) is 0 Å². The highest BCUT2D eigenvalue weighted by Crippen LogP contribution is 2.30. The van der Waals surface area contributed by atoms with E-state index in [0.717, 1.165) is 32.1 Å². The molecule has 28 heavy (non-hydrogen) atoms. The summed E-state index contributed by atoms with van der Waals surface area (Å²) in [6.45, 7) is 1.25. The van der Waals surface area contributed by atoms with Gasteiger partial charge in [-0.2, -0.15) is 0 Å². The molecule has 1 aromatic rings. The molecule has 2 saturated heterocycles. The molecule has 4 amide bonds. The van der Waals surface area contributed by atoms with Crippen molar-refractivity contribution in [1.82, 2.24) is 19.7 Å². The minimum atomic E-state index is -0.577. The van der Waals surface area contributed by atoms with Crippen LogP contribution in [0.4, 0.5) is 4.79 Å². The second-order valence-electron chi connectivity index (χ2n) is 7.69. The Balaban J connectivity index is 1.51. The zero-order valence-electron chi connectivity index (χ0n) is 16.2. The third-order valence-electron chi connectivity index (χ3n) is 5.99. The van der Waals surface area contributed by atoms with E-state index in [-0.39, 0.29) is 30.4 Å². The van der Waals surface area contributed by atoms with Gasteiger partial charge in [-0.25, -0.2) is 9.78 Å². The molecule has 8 heteroatoms. The van der Waals surface area contributed by atoms with Crippen molar-refractivity contribution < 1.29 is 19.1 Å². The van der Waals surface area contributed by atoms with Gasteiger partial charge in [-0.15, -0.1) is 0 Å². The number of ether oxygens (including phenoxy) is 1. The Morgan fingerprint density at radius 3 is 2.57 bits per heavy atom. The lowest BCUT2D eigenvalue weighted by atomic mass is 9.94. The molecule has 1 unspecified atom stereocenters. The first-order valence-corrected chi connectivity index (χ1v) is 10.0. The third kappa shape index (κ3) is 3.31. The number of rotatable bonds is 3. The van der Waals surface area contributed by atoms with Gasteiger partial charge in [-0.05, 0) is 25.3 Å². The number of carbonyl (C=O) groups is 3. The number of hydrogen-bond acceptors (Lipinski definition) is 5. The van der Waals surface area contributed by atoms with Gasteiger partial charge in [-0.3, -0.25) is 14.5 Å². The van der Waals surface area contributed by atoms with Gasteiger partial charge in [0.2, 0.25) is 5.88 Å². The Kier molecular flexibility index (Phi) is 5.19. The highest BCUT2D eigenvalue weighted by Gasteiger charge is 2.49. The van der Waals surface area contributed by atoms with E-state index in [0.29, 0.717) is 31.0 Å². The monoisotopic (exact) mass is 386 g/mol. The molecule has 0 spiro atoms. The van der Waals surface area contributed by atoms with Gasteiger partial charge >= 0.3 is 6.03 Å². The van der Waals surface area contributed by atoms with Crippen LogP contribution in [0.5, 0.6) is 5.88 Å². The number of carbonyl (C=O) groups excluding carboxylic acids is 3. The summed E-state index contributed by atoms with van der Waals surface area (Å²) in [4.78, 5) is 47.8. The quantitative estimate of drug-likeness (QED) is 0.741. The van der Waals surface area contributed by atoms with Crippen LogP contribution in [0.2, 0.25) is 0 Å². The van der Waals surface area contributed by atoms with Crippen LogP contribution < -0.4 is 4.74 Å². The fourth-order valence-corrected chi connectivity index (χ4v) is 4.49. The zero-order chi connectivity index (χ0) is 19.7. The molecular weight excluding hydrogens is 360 g/mol. The van der Waals surface area contributed by atoms with Crippen LogP contribution in [0.25, 0.3) is 0 Å². The fourth-order valence-electron chi connectivity index (χ4n) is 4.49. The molecule has 0 N–H and O–H groups in total. The summed E-state index contributed by atoms with van der Waals surface area (Å²) in [6.07, 6.45) is 7.19. The molecule has 3 heterocycles. The van der Waals surface area contributed by atoms with Gasteiger partial charge in [0, 0.05) is 31.4 Å². The number of nitrogens with zero attached hydrogens (tertiary/aromatic N) is 4. The maximum absolute atomic E-state index is 13.1. The fraction of sp³-hybridized carbons (Fsp3) is 0.600. The summed E-state index contributed by atoms with van der Waals surface area (Å²) in [7, 11) is 1.52. The van der Waals surface area contributed by atoms with Crippen molar-refractivity contribution in [2.75, 3.05) is 26.7 Å². The molecule has 0 radical (unpaired) electrons. The molecule has 1 aliphatic carbocycles. The number of pyridine rings is 1. The minimum Gasteiger partial charge on any atom is -0.481 e. The van der Waals surface area contributed by atoms with Crippen LogP contribution in [0.3, 0.4) is 0 Å². The lowest BCUT2D eigenvalue weighted by molar-refractivity contribution is -0.130. The number of amides is 4. The molecule has 2 aliphatic heterocycles. The molecular formula is C20H26N4O4. The van der Waals surface area contributed by atoms with Crippen LogP contribution in [-0.4, -0.2) is 76.4 Å². The van der Waals surface area contributed by atoms with Crippen LogP contribution in [0.1, 0.15) is 48.9 Å². The van der Waals surface area contributed by atoms with E-state index in [4.69, 9.17) is 4.74 Å². The van der Waals surface area contributed by atoms with Crippen molar-refractivity contribution in [3.8, 4) is 5.88 Å². The van der Waals surface area contributed by atoms with Crippen LogP contribution in [0, 0.1) is 0 Å². The molecule has 0 aromatic carbocycles. The van der Waals surface area contributed by atoms with Crippen LogP contribution >= 0.6 is 0 Å². The molecule has 1 saturated carbocycles. The second kappa shape index (κ2) is 7.77. The highest BCUT2D eigenvalue weighted by molar-refractivity contribution is 6.05. The summed E-state index contributed by atoms with van der Waals surface area (Å²) < 4.78 is 5.04. The Bertz CT molecular complexity index is 760. The van der Waals surface area contributed by atoms with Gasteiger partial charge in [0.05, 0.1) is 19.2 Å². The largest absolute Gasteiger partial charge is 0.481 e. The zero-order valence-corrected chi connectivity index (χ0v) is 16.2. The van der Waals surface area contributed by atoms with E-state index in [9.17, 15) is 14.4 Å². The number of urea groups is 1. The van der Waals surface area contributed by atoms with Crippen molar-refractivity contribution in [2.24, 2.45) is 0 Å². The minimum absolute atomic E-state index is 0.00983. The van der Waals surface area contributed by atoms with Crippen LogP contribution in [-0.2, 0) is 4.79 Å². The Morgan fingerprint density at radius 2 is 1.89 bits per heavy atom. The van der Waals surface area contributed by atoms with E-state index >= 15 is 0 Å². The van der Waals surface area contributed by atoms with Gasteiger partial charge < -0.3 is 14.5 Å². The first-order valence-electron chi connectivity index (χ1n) is 10.0. The highest BCUT2D eigenvalue weighted by atomic mass is 16.5. The lowest BCUT2D eigenvalue weighted by Crippen LogP contribution is -2.45. The van der Waals surface area contributed by atoms with E-state index in [2.05, 4.69) is 4.98 Å². The SMILES string of the molecule is COc1ccc(C(=O)N2CCCN3C(=O)N(C4CCCCC4)C(=O)C3C2)cn1. The maximum atomic E-state index is 13.1. The van der Waals surface area contributed by atoms with Crippen molar-refractivity contribution >= 4 is 17.8 Å². The molecule has 1 aromatic heterocycles. The van der Waals surface area contributed by atoms with Crippen molar-refractivity contribution in [2.45, 2.75) is 50.6 Å². The molecule has 1 atom stereocenters. The number of imide groups is 1. The van der Waals surface area contributed by atoms with Gasteiger partial charge in [-0.1, -0.05) is 19.3 Å². The Morgan fingerprint density at radius 1 is 1.11 bits per heavy atom. The maximum Gasteiger partial charge on any atom is 0.327 e. The summed E-state index contributed by atoms with van der Waals surface area (Å²) >= 11 is 0. The number of methoxy groups -OCH3 is 1. The first-order chi connectivity index (χ1) is 13.6. The average Bonchev–Trinajstić information content (AvgIpc) is 2.89. The normalized spacial score (nSPS) is 23.6. The van der Waals surface area contributed by atoms with E-state index in [1.165, 1.54) is 18.2 Å². The third-order valence-corrected chi connectivity index (χ3v) is 5.99. The number of aromatic nitrogens is 1. The summed E-state index contributed by atoms with van der Waals surface area (Å²) in [6, 6.07) is 2.57. The van der Waals surface area contributed by atoms with E-state index in [1.54, 1.807) is 21.9 Å². The lowest BCUT2D eigenvalue weighted by Gasteiger charge is -2.29. The van der Waals surface area contributed by atoms with Gasteiger partial charge in [0.1, 0.15) is 6.04 Å². The summed E-state index contributed by atoms with van der Waals surface area (Å²) in [5.41, 5.74) is 0.454. The molecule has 150 valence electrons. The van der Waals surface area contributed by atoms with E-state index in [1.807, 2.05) is 0 Å². The number of hydrogen-bond donors (Lipinski definition) is 0. The van der Waals surface area contributed by atoms with Gasteiger partial charge in [0.15, 0.2) is 0 Å². The average molecular weight is 386 g/mol. The molecule has 8 nitrogen and oxygen atoms in total. The van der Waals surface area contributed by atoms with Crippen molar-refractivity contribution in [3.05, 3.63) is 23.9 Å². The predicted molar refractivity (Wildman–Crippen MR) is 101 cm³/mol. The second-order valence-corrected chi connectivity index (χ2v) is 7.69. The molecule has 3 aliphatic rings. The predicted octanol–water partition coefficient (Wildman–Crippen LogP) is 1.90. The van der Waals surface area contributed by atoms with Crippen LogP contribution in [0.15, 0.2) is 18.3 Å². The smallest absolute Gasteiger partial charge is 0.327 e. The topological polar surface area (TPSA) is 83.0 Å². The van der Waals surface area contributed by atoms with Gasteiger partial charge in [0.25, 0.3) is 11.8 Å². The molecule has 4 rings (SSSR count). The Labute approximate surface area is 164 Å². The molecule has 0 bridgehead atoms. The Hall–Kier alpha value is -2.64. The summed E-state index contributed by atoms with van der Waals surface area (Å²) in [5.74, 6) is 0.121. The summed E-state index contributed by atoms with van der Waals surface area (Å²) in [5, 5.41) is 0. The van der Waals surface area contributed by atoms with Crippen molar-refractivity contribution in [1.29, 1.82) is 0 Å².